The fraction of sp³-hybridized carbons (Fsp3) is 1.00. The summed E-state index contributed by atoms with van der Waals surface area (Å²) >= 11 is 0. The molecule has 2 saturated heterocycles. The molecule has 94 valence electrons. The van der Waals surface area contributed by atoms with Gasteiger partial charge < -0.3 is 20.1 Å². The summed E-state index contributed by atoms with van der Waals surface area (Å²) in [7, 11) is 0. The number of hydrogen-bond acceptors (Lipinski definition) is 4. The van der Waals surface area contributed by atoms with E-state index in [1.165, 1.54) is 19.5 Å². The lowest BCUT2D eigenvalue weighted by molar-refractivity contribution is -0.0692. The molecule has 0 spiro atoms. The van der Waals surface area contributed by atoms with Crippen LogP contribution in [0.2, 0.25) is 0 Å². The molecule has 16 heavy (non-hydrogen) atoms. The molecule has 0 aromatic heterocycles. The minimum absolute atomic E-state index is 0.00865. The zero-order valence-electron chi connectivity index (χ0n) is 10.4. The number of likely N-dealkylation sites (tertiary alicyclic amines) is 1. The molecular weight excluding hydrogens is 204 g/mol. The SMILES string of the molecule is CC(C)N1CCC(CC2OCC(CN)O2)C1. The predicted octanol–water partition coefficient (Wildman–Crippen LogP) is 0.807. The van der Waals surface area contributed by atoms with Gasteiger partial charge in [-0.15, -0.1) is 0 Å². The molecule has 2 fully saturated rings. The highest BCUT2D eigenvalue weighted by molar-refractivity contribution is 4.79. The third kappa shape index (κ3) is 2.94. The van der Waals surface area contributed by atoms with Gasteiger partial charge in [-0.3, -0.25) is 0 Å². The van der Waals surface area contributed by atoms with Crippen molar-refractivity contribution in [2.75, 3.05) is 26.2 Å². The van der Waals surface area contributed by atoms with Gasteiger partial charge in [-0.2, -0.15) is 0 Å². The molecule has 0 aromatic carbocycles. The van der Waals surface area contributed by atoms with E-state index in [0.29, 0.717) is 19.2 Å². The normalized spacial score (nSPS) is 36.4. The van der Waals surface area contributed by atoms with Gasteiger partial charge in [-0.25, -0.2) is 0 Å². The van der Waals surface area contributed by atoms with Gasteiger partial charge in [0, 0.05) is 25.6 Å². The third-order valence-corrected chi connectivity index (χ3v) is 3.65. The molecule has 3 atom stereocenters. The van der Waals surface area contributed by atoms with Crippen LogP contribution in [0, 0.1) is 5.92 Å². The lowest BCUT2D eigenvalue weighted by atomic mass is 10.1. The van der Waals surface area contributed by atoms with Crippen LogP contribution in [0.3, 0.4) is 0 Å². The molecule has 0 aliphatic carbocycles. The number of nitrogens with two attached hydrogens (primary N) is 1. The Hall–Kier alpha value is -0.160. The highest BCUT2D eigenvalue weighted by atomic mass is 16.7. The number of hydrogen-bond donors (Lipinski definition) is 1. The Bertz CT molecular complexity index is 223. The van der Waals surface area contributed by atoms with Crippen molar-refractivity contribution in [3.63, 3.8) is 0 Å². The van der Waals surface area contributed by atoms with E-state index in [0.717, 1.165) is 12.3 Å². The van der Waals surface area contributed by atoms with Crippen molar-refractivity contribution in [3.8, 4) is 0 Å². The van der Waals surface area contributed by atoms with E-state index in [4.69, 9.17) is 15.2 Å². The molecule has 0 amide bonds. The largest absolute Gasteiger partial charge is 0.350 e. The number of ether oxygens (including phenoxy) is 2. The molecule has 2 rings (SSSR count). The van der Waals surface area contributed by atoms with Crippen LogP contribution in [-0.4, -0.2) is 49.6 Å². The van der Waals surface area contributed by atoms with Crippen LogP contribution in [0.5, 0.6) is 0 Å². The number of rotatable bonds is 4. The molecule has 0 aromatic rings. The van der Waals surface area contributed by atoms with Crippen molar-refractivity contribution in [3.05, 3.63) is 0 Å². The van der Waals surface area contributed by atoms with E-state index in [2.05, 4.69) is 18.7 Å². The van der Waals surface area contributed by atoms with Crippen LogP contribution >= 0.6 is 0 Å². The Balaban J connectivity index is 1.71. The summed E-state index contributed by atoms with van der Waals surface area (Å²) in [6.45, 7) is 8.16. The van der Waals surface area contributed by atoms with Crippen molar-refractivity contribution < 1.29 is 9.47 Å². The summed E-state index contributed by atoms with van der Waals surface area (Å²) in [5, 5.41) is 0. The second kappa shape index (κ2) is 5.45. The fourth-order valence-corrected chi connectivity index (χ4v) is 2.55. The molecule has 0 bridgehead atoms. The predicted molar refractivity (Wildman–Crippen MR) is 63.1 cm³/mol. The van der Waals surface area contributed by atoms with E-state index < -0.39 is 0 Å². The average Bonchev–Trinajstić information content (AvgIpc) is 2.87. The first-order chi connectivity index (χ1) is 7.69. The second-order valence-electron chi connectivity index (χ2n) is 5.24. The zero-order chi connectivity index (χ0) is 11.5. The Kier molecular flexibility index (Phi) is 4.19. The summed E-state index contributed by atoms with van der Waals surface area (Å²) in [5.41, 5.74) is 5.55. The van der Waals surface area contributed by atoms with Crippen molar-refractivity contribution in [2.24, 2.45) is 11.7 Å². The maximum atomic E-state index is 5.70. The first-order valence-electron chi connectivity index (χ1n) is 6.40. The summed E-state index contributed by atoms with van der Waals surface area (Å²) in [5.74, 6) is 0.726. The van der Waals surface area contributed by atoms with Gasteiger partial charge in [0.1, 0.15) is 0 Å². The molecule has 2 aliphatic rings. The van der Waals surface area contributed by atoms with E-state index in [1.807, 2.05) is 0 Å². The average molecular weight is 228 g/mol. The van der Waals surface area contributed by atoms with E-state index >= 15 is 0 Å². The smallest absolute Gasteiger partial charge is 0.158 e. The minimum atomic E-state index is -0.00865. The van der Waals surface area contributed by atoms with Crippen molar-refractivity contribution in [2.45, 2.75) is 45.1 Å². The molecule has 2 heterocycles. The Labute approximate surface area is 98.1 Å². The topological polar surface area (TPSA) is 47.7 Å². The lowest BCUT2D eigenvalue weighted by Crippen LogP contribution is -2.29. The monoisotopic (exact) mass is 228 g/mol. The van der Waals surface area contributed by atoms with Gasteiger partial charge >= 0.3 is 0 Å². The van der Waals surface area contributed by atoms with Crippen LogP contribution in [0.25, 0.3) is 0 Å². The van der Waals surface area contributed by atoms with Crippen molar-refractivity contribution in [1.82, 2.24) is 4.90 Å². The molecular formula is C12H24N2O2. The van der Waals surface area contributed by atoms with Crippen LogP contribution in [0.15, 0.2) is 0 Å². The standard InChI is InChI=1S/C12H24N2O2/c1-9(2)14-4-3-10(7-14)5-12-15-8-11(6-13)16-12/h9-12H,3-8,13H2,1-2H3. The minimum Gasteiger partial charge on any atom is -0.350 e. The second-order valence-corrected chi connectivity index (χ2v) is 5.24. The Morgan fingerprint density at radius 2 is 2.25 bits per heavy atom. The first-order valence-corrected chi connectivity index (χ1v) is 6.40. The maximum Gasteiger partial charge on any atom is 0.158 e. The lowest BCUT2D eigenvalue weighted by Gasteiger charge is -2.21. The molecule has 3 unspecified atom stereocenters. The molecule has 2 aliphatic heterocycles. The fourth-order valence-electron chi connectivity index (χ4n) is 2.55. The summed E-state index contributed by atoms with van der Waals surface area (Å²) in [6.07, 6.45) is 2.41. The highest BCUT2D eigenvalue weighted by Crippen LogP contribution is 2.26. The maximum absolute atomic E-state index is 5.70. The summed E-state index contributed by atoms with van der Waals surface area (Å²) in [6, 6.07) is 0.659. The molecule has 0 saturated carbocycles. The Morgan fingerprint density at radius 1 is 1.44 bits per heavy atom. The van der Waals surface area contributed by atoms with Gasteiger partial charge in [-0.05, 0) is 32.7 Å². The summed E-state index contributed by atoms with van der Waals surface area (Å²) in [4.78, 5) is 2.53. The van der Waals surface area contributed by atoms with Crippen LogP contribution in [-0.2, 0) is 9.47 Å². The molecule has 4 nitrogen and oxygen atoms in total. The van der Waals surface area contributed by atoms with Gasteiger partial charge in [-0.1, -0.05) is 0 Å². The highest BCUT2D eigenvalue weighted by Gasteiger charge is 2.31. The molecule has 0 radical (unpaired) electrons. The van der Waals surface area contributed by atoms with Gasteiger partial charge in [0.15, 0.2) is 6.29 Å². The third-order valence-electron chi connectivity index (χ3n) is 3.65. The van der Waals surface area contributed by atoms with Gasteiger partial charge in [0.25, 0.3) is 0 Å². The van der Waals surface area contributed by atoms with E-state index in [1.54, 1.807) is 0 Å². The van der Waals surface area contributed by atoms with Gasteiger partial charge in [0.05, 0.1) is 12.7 Å². The molecule has 4 heteroatoms. The van der Waals surface area contributed by atoms with E-state index in [-0.39, 0.29) is 12.4 Å². The summed E-state index contributed by atoms with van der Waals surface area (Å²) < 4.78 is 11.3. The van der Waals surface area contributed by atoms with Crippen molar-refractivity contribution in [1.29, 1.82) is 0 Å². The van der Waals surface area contributed by atoms with Crippen LogP contribution < -0.4 is 5.73 Å². The Morgan fingerprint density at radius 3 is 2.81 bits per heavy atom. The van der Waals surface area contributed by atoms with Gasteiger partial charge in [0.2, 0.25) is 0 Å². The van der Waals surface area contributed by atoms with E-state index in [9.17, 15) is 0 Å². The number of nitrogens with zero attached hydrogens (tertiary/aromatic N) is 1. The first kappa shape index (κ1) is 12.3. The van der Waals surface area contributed by atoms with Crippen molar-refractivity contribution >= 4 is 0 Å². The molecule has 2 N–H and O–H groups in total. The van der Waals surface area contributed by atoms with Crippen LogP contribution in [0.1, 0.15) is 26.7 Å². The zero-order valence-corrected chi connectivity index (χ0v) is 10.4. The van der Waals surface area contributed by atoms with Crippen LogP contribution in [0.4, 0.5) is 0 Å². The quantitative estimate of drug-likeness (QED) is 0.773.